The van der Waals surface area contributed by atoms with Crippen LogP contribution in [0.3, 0.4) is 0 Å². The number of hydrogen-bond acceptors (Lipinski definition) is 4. The predicted molar refractivity (Wildman–Crippen MR) is 72.4 cm³/mol. The molecule has 1 aromatic rings. The Labute approximate surface area is 117 Å². The van der Waals surface area contributed by atoms with Gasteiger partial charge in [0.15, 0.2) is 0 Å². The highest BCUT2D eigenvalue weighted by Crippen LogP contribution is 2.37. The van der Waals surface area contributed by atoms with Gasteiger partial charge in [-0.1, -0.05) is 6.92 Å². The zero-order valence-corrected chi connectivity index (χ0v) is 11.5. The van der Waals surface area contributed by atoms with Crippen LogP contribution >= 0.6 is 0 Å². The molecule has 0 radical (unpaired) electrons. The van der Waals surface area contributed by atoms with Crippen LogP contribution in [0.5, 0.6) is 5.88 Å². The molecule has 1 fully saturated rings. The van der Waals surface area contributed by atoms with Gasteiger partial charge in [0.1, 0.15) is 5.69 Å². The molecule has 2 N–H and O–H groups in total. The van der Waals surface area contributed by atoms with Crippen molar-refractivity contribution in [2.75, 3.05) is 12.4 Å². The number of carboxylic acid groups (broad SMARTS) is 1. The SMILES string of the molecule is COc1ncccc1NC(=O)[C@H]1CC(C)C[C@H]1C(=O)O. The van der Waals surface area contributed by atoms with Gasteiger partial charge in [0.2, 0.25) is 11.8 Å². The van der Waals surface area contributed by atoms with E-state index < -0.39 is 17.8 Å². The topological polar surface area (TPSA) is 88.5 Å². The molecule has 1 aliphatic rings. The molecule has 1 aliphatic carbocycles. The number of pyridine rings is 1. The summed E-state index contributed by atoms with van der Waals surface area (Å²) in [5.41, 5.74) is 0.462. The molecule has 0 aromatic carbocycles. The van der Waals surface area contributed by atoms with Crippen molar-refractivity contribution in [2.45, 2.75) is 19.8 Å². The van der Waals surface area contributed by atoms with Crippen molar-refractivity contribution in [3.8, 4) is 5.88 Å². The Morgan fingerprint density at radius 2 is 2.10 bits per heavy atom. The van der Waals surface area contributed by atoms with E-state index in [9.17, 15) is 14.7 Å². The van der Waals surface area contributed by atoms with Crippen LogP contribution in [-0.4, -0.2) is 29.1 Å². The lowest BCUT2D eigenvalue weighted by atomic mass is 9.95. The van der Waals surface area contributed by atoms with E-state index in [1.807, 2.05) is 6.92 Å². The summed E-state index contributed by atoms with van der Waals surface area (Å²) in [6.07, 6.45) is 2.69. The van der Waals surface area contributed by atoms with Gasteiger partial charge in [-0.15, -0.1) is 0 Å². The summed E-state index contributed by atoms with van der Waals surface area (Å²) in [7, 11) is 1.47. The second-order valence-corrected chi connectivity index (χ2v) is 5.18. The Balaban J connectivity index is 2.13. The molecule has 3 atom stereocenters. The van der Waals surface area contributed by atoms with Crippen LogP contribution in [0.1, 0.15) is 19.8 Å². The monoisotopic (exact) mass is 278 g/mol. The number of aliphatic carboxylic acids is 1. The van der Waals surface area contributed by atoms with Gasteiger partial charge >= 0.3 is 5.97 Å². The zero-order valence-electron chi connectivity index (χ0n) is 11.5. The van der Waals surface area contributed by atoms with Gasteiger partial charge < -0.3 is 15.2 Å². The number of aromatic nitrogens is 1. The summed E-state index contributed by atoms with van der Waals surface area (Å²) in [5.74, 6) is -1.76. The van der Waals surface area contributed by atoms with E-state index in [1.54, 1.807) is 18.3 Å². The third-order valence-corrected chi connectivity index (χ3v) is 3.67. The molecule has 0 saturated heterocycles. The lowest BCUT2D eigenvalue weighted by Crippen LogP contribution is -2.30. The predicted octanol–water partition coefficient (Wildman–Crippen LogP) is 1.78. The van der Waals surface area contributed by atoms with Crippen LogP contribution in [0, 0.1) is 17.8 Å². The molecule has 6 nitrogen and oxygen atoms in total. The maximum atomic E-state index is 12.3. The van der Waals surface area contributed by atoms with Crippen molar-refractivity contribution in [3.63, 3.8) is 0 Å². The first-order chi connectivity index (χ1) is 9.52. The van der Waals surface area contributed by atoms with E-state index in [0.717, 1.165) is 0 Å². The highest BCUT2D eigenvalue weighted by Gasteiger charge is 2.41. The molecular formula is C14H18N2O4. The number of nitrogens with zero attached hydrogens (tertiary/aromatic N) is 1. The van der Waals surface area contributed by atoms with Crippen LogP contribution in [0.25, 0.3) is 0 Å². The average molecular weight is 278 g/mol. The highest BCUT2D eigenvalue weighted by atomic mass is 16.5. The van der Waals surface area contributed by atoms with Crippen molar-refractivity contribution >= 4 is 17.6 Å². The van der Waals surface area contributed by atoms with Crippen LogP contribution in [0.2, 0.25) is 0 Å². The third-order valence-electron chi connectivity index (χ3n) is 3.67. The smallest absolute Gasteiger partial charge is 0.307 e. The van der Waals surface area contributed by atoms with Crippen molar-refractivity contribution in [3.05, 3.63) is 18.3 Å². The second kappa shape index (κ2) is 5.90. The van der Waals surface area contributed by atoms with Crippen LogP contribution in [0.4, 0.5) is 5.69 Å². The van der Waals surface area contributed by atoms with Crippen LogP contribution in [-0.2, 0) is 9.59 Å². The molecule has 0 bridgehead atoms. The summed E-state index contributed by atoms with van der Waals surface area (Å²) in [5, 5.41) is 11.9. The number of hydrogen-bond donors (Lipinski definition) is 2. The number of ether oxygens (including phenoxy) is 1. The van der Waals surface area contributed by atoms with Crippen molar-refractivity contribution in [1.29, 1.82) is 0 Å². The first kappa shape index (κ1) is 14.3. The fourth-order valence-electron chi connectivity index (χ4n) is 2.73. The maximum Gasteiger partial charge on any atom is 0.307 e. The van der Waals surface area contributed by atoms with Crippen molar-refractivity contribution in [2.24, 2.45) is 17.8 Å². The quantitative estimate of drug-likeness (QED) is 0.876. The summed E-state index contributed by atoms with van der Waals surface area (Å²) < 4.78 is 5.06. The summed E-state index contributed by atoms with van der Waals surface area (Å²) in [6.45, 7) is 1.97. The van der Waals surface area contributed by atoms with E-state index in [2.05, 4.69) is 10.3 Å². The Morgan fingerprint density at radius 1 is 1.40 bits per heavy atom. The first-order valence-electron chi connectivity index (χ1n) is 6.55. The van der Waals surface area contributed by atoms with Gasteiger partial charge in [0.05, 0.1) is 18.9 Å². The minimum absolute atomic E-state index is 0.239. The molecule has 1 saturated carbocycles. The number of carboxylic acids is 1. The van der Waals surface area contributed by atoms with Gasteiger partial charge in [-0.3, -0.25) is 9.59 Å². The van der Waals surface area contributed by atoms with E-state index >= 15 is 0 Å². The first-order valence-corrected chi connectivity index (χ1v) is 6.55. The lowest BCUT2D eigenvalue weighted by Gasteiger charge is -2.16. The Hall–Kier alpha value is -2.11. The van der Waals surface area contributed by atoms with Crippen molar-refractivity contribution < 1.29 is 19.4 Å². The Morgan fingerprint density at radius 3 is 2.75 bits per heavy atom. The standard InChI is InChI=1S/C14H18N2O4/c1-8-6-9(10(7-8)14(18)19)12(17)16-11-4-3-5-15-13(11)20-2/h3-5,8-10H,6-7H2,1-2H3,(H,16,17)(H,18,19)/t8?,9-,10+/m0/s1. The number of carbonyl (C=O) groups excluding carboxylic acids is 1. The minimum Gasteiger partial charge on any atom is -0.481 e. The maximum absolute atomic E-state index is 12.3. The molecule has 0 spiro atoms. The Kier molecular flexibility index (Phi) is 4.22. The van der Waals surface area contributed by atoms with E-state index in [1.165, 1.54) is 7.11 Å². The average Bonchev–Trinajstić information content (AvgIpc) is 2.82. The molecule has 0 aliphatic heterocycles. The summed E-state index contributed by atoms with van der Waals surface area (Å²) in [6, 6.07) is 3.36. The van der Waals surface area contributed by atoms with Gasteiger partial charge in [-0.2, -0.15) is 0 Å². The molecule has 108 valence electrons. The van der Waals surface area contributed by atoms with E-state index in [-0.39, 0.29) is 11.8 Å². The number of nitrogens with one attached hydrogen (secondary N) is 1. The normalized spacial score (nSPS) is 25.2. The molecule has 1 amide bonds. The molecule has 1 aromatic heterocycles. The second-order valence-electron chi connectivity index (χ2n) is 5.18. The van der Waals surface area contributed by atoms with Gasteiger partial charge in [-0.05, 0) is 30.9 Å². The molecule has 2 rings (SSSR count). The zero-order chi connectivity index (χ0) is 14.7. The minimum atomic E-state index is -0.910. The number of methoxy groups -OCH3 is 1. The molecule has 20 heavy (non-hydrogen) atoms. The fraction of sp³-hybridized carbons (Fsp3) is 0.500. The number of rotatable bonds is 4. The molecule has 1 unspecified atom stereocenters. The fourth-order valence-corrected chi connectivity index (χ4v) is 2.73. The van der Waals surface area contributed by atoms with Crippen LogP contribution < -0.4 is 10.1 Å². The van der Waals surface area contributed by atoms with Gasteiger partial charge in [0.25, 0.3) is 0 Å². The third kappa shape index (κ3) is 2.89. The van der Waals surface area contributed by atoms with E-state index in [0.29, 0.717) is 24.4 Å². The number of amides is 1. The largest absolute Gasteiger partial charge is 0.481 e. The molecule has 6 heteroatoms. The number of carbonyl (C=O) groups is 2. The highest BCUT2D eigenvalue weighted by molar-refractivity contribution is 5.96. The summed E-state index contributed by atoms with van der Waals surface area (Å²) in [4.78, 5) is 27.5. The van der Waals surface area contributed by atoms with Crippen molar-refractivity contribution in [1.82, 2.24) is 4.98 Å². The molecule has 1 heterocycles. The Bertz CT molecular complexity index is 518. The lowest BCUT2D eigenvalue weighted by molar-refractivity contribution is -0.145. The molecular weight excluding hydrogens is 260 g/mol. The number of anilines is 1. The van der Waals surface area contributed by atoms with Crippen LogP contribution in [0.15, 0.2) is 18.3 Å². The van der Waals surface area contributed by atoms with E-state index in [4.69, 9.17) is 4.74 Å². The van der Waals surface area contributed by atoms with Gasteiger partial charge in [-0.25, -0.2) is 4.98 Å². The van der Waals surface area contributed by atoms with Gasteiger partial charge in [0, 0.05) is 6.20 Å². The summed E-state index contributed by atoms with van der Waals surface area (Å²) >= 11 is 0.